The first-order valence-electron chi connectivity index (χ1n) is 9.08. The van der Waals surface area contributed by atoms with E-state index in [0.717, 1.165) is 49.4 Å². The standard InChI is InChI=1S/C17H23N5O2/c1-17(16-19-15(21-24-16)12-5-6-12)7-2-8-22(10-17)9-13-18-14(20-23-13)11-3-4-11/h11-12H,2-10H2,1H3/t17-/m0/s1. The Balaban J connectivity index is 1.28. The number of rotatable bonds is 5. The molecule has 2 aromatic rings. The van der Waals surface area contributed by atoms with Gasteiger partial charge >= 0.3 is 0 Å². The number of piperidine rings is 1. The largest absolute Gasteiger partial charge is 0.339 e. The Hall–Kier alpha value is -1.76. The highest BCUT2D eigenvalue weighted by molar-refractivity contribution is 5.11. The average Bonchev–Trinajstić information content (AvgIpc) is 3.50. The zero-order chi connectivity index (χ0) is 16.1. The molecule has 0 N–H and O–H groups in total. The Bertz CT molecular complexity index is 733. The van der Waals surface area contributed by atoms with E-state index >= 15 is 0 Å². The molecule has 1 aliphatic heterocycles. The number of nitrogens with zero attached hydrogens (tertiary/aromatic N) is 5. The number of aromatic nitrogens is 4. The van der Waals surface area contributed by atoms with Crippen LogP contribution in [0.1, 0.15) is 80.7 Å². The van der Waals surface area contributed by atoms with Crippen molar-refractivity contribution < 1.29 is 9.05 Å². The number of hydrogen-bond donors (Lipinski definition) is 0. The predicted molar refractivity (Wildman–Crippen MR) is 84.4 cm³/mol. The van der Waals surface area contributed by atoms with Crippen molar-refractivity contribution in [1.29, 1.82) is 0 Å². The minimum atomic E-state index is -0.0856. The summed E-state index contributed by atoms with van der Waals surface area (Å²) < 4.78 is 11.0. The maximum Gasteiger partial charge on any atom is 0.240 e. The van der Waals surface area contributed by atoms with Crippen molar-refractivity contribution in [3.63, 3.8) is 0 Å². The minimum absolute atomic E-state index is 0.0856. The lowest BCUT2D eigenvalue weighted by Crippen LogP contribution is -2.44. The van der Waals surface area contributed by atoms with Gasteiger partial charge in [-0.05, 0) is 52.0 Å². The van der Waals surface area contributed by atoms with Crippen molar-refractivity contribution in [3.05, 3.63) is 23.4 Å². The molecule has 2 aromatic heterocycles. The van der Waals surface area contributed by atoms with Gasteiger partial charge in [0, 0.05) is 18.4 Å². The first-order valence-corrected chi connectivity index (χ1v) is 9.08. The van der Waals surface area contributed by atoms with Crippen LogP contribution in [-0.4, -0.2) is 38.3 Å². The van der Waals surface area contributed by atoms with E-state index in [-0.39, 0.29) is 5.41 Å². The summed E-state index contributed by atoms with van der Waals surface area (Å²) in [5.74, 6) is 4.37. The van der Waals surface area contributed by atoms with E-state index in [0.29, 0.717) is 18.4 Å². The SMILES string of the molecule is C[C@]1(c2nc(C3CC3)no2)CCCN(Cc2nc(C3CC3)no2)C1. The molecular formula is C17H23N5O2. The van der Waals surface area contributed by atoms with E-state index in [2.05, 4.69) is 32.1 Å². The van der Waals surface area contributed by atoms with Gasteiger partial charge < -0.3 is 9.05 Å². The Morgan fingerprint density at radius 3 is 2.50 bits per heavy atom. The fraction of sp³-hybridized carbons (Fsp3) is 0.765. The van der Waals surface area contributed by atoms with Crippen molar-refractivity contribution in [2.75, 3.05) is 13.1 Å². The summed E-state index contributed by atoms with van der Waals surface area (Å²) in [5.41, 5.74) is -0.0856. The van der Waals surface area contributed by atoms with E-state index < -0.39 is 0 Å². The van der Waals surface area contributed by atoms with Crippen molar-refractivity contribution in [1.82, 2.24) is 25.2 Å². The summed E-state index contributed by atoms with van der Waals surface area (Å²) in [6.07, 6.45) is 6.97. The molecule has 1 atom stereocenters. The predicted octanol–water partition coefficient (Wildman–Crippen LogP) is 2.76. The summed E-state index contributed by atoms with van der Waals surface area (Å²) in [7, 11) is 0. The second-order valence-electron chi connectivity index (χ2n) is 7.93. The highest BCUT2D eigenvalue weighted by Crippen LogP contribution is 2.40. The van der Waals surface area contributed by atoms with Crippen molar-refractivity contribution >= 4 is 0 Å². The first kappa shape index (κ1) is 14.6. The molecule has 0 spiro atoms. The lowest BCUT2D eigenvalue weighted by molar-refractivity contribution is 0.113. The van der Waals surface area contributed by atoms with Crippen LogP contribution in [0.5, 0.6) is 0 Å². The van der Waals surface area contributed by atoms with Crippen LogP contribution in [0.25, 0.3) is 0 Å². The van der Waals surface area contributed by atoms with Gasteiger partial charge in [-0.1, -0.05) is 10.3 Å². The van der Waals surface area contributed by atoms with Gasteiger partial charge in [0.15, 0.2) is 11.6 Å². The smallest absolute Gasteiger partial charge is 0.240 e. The maximum absolute atomic E-state index is 5.61. The third kappa shape index (κ3) is 2.75. The maximum atomic E-state index is 5.61. The van der Waals surface area contributed by atoms with Gasteiger partial charge in [-0.3, -0.25) is 4.90 Å². The number of likely N-dealkylation sites (tertiary alicyclic amines) is 1. The molecule has 3 heterocycles. The molecule has 2 saturated carbocycles. The lowest BCUT2D eigenvalue weighted by atomic mass is 9.81. The molecular weight excluding hydrogens is 306 g/mol. The zero-order valence-corrected chi connectivity index (χ0v) is 14.1. The molecule has 5 rings (SSSR count). The zero-order valence-electron chi connectivity index (χ0n) is 14.1. The summed E-state index contributed by atoms with van der Waals surface area (Å²) in [6.45, 7) is 4.87. The molecule has 7 nitrogen and oxygen atoms in total. The van der Waals surface area contributed by atoms with Gasteiger partial charge in [0.25, 0.3) is 0 Å². The van der Waals surface area contributed by atoms with Crippen LogP contribution in [0.4, 0.5) is 0 Å². The quantitative estimate of drug-likeness (QED) is 0.834. The summed E-state index contributed by atoms with van der Waals surface area (Å²) in [4.78, 5) is 11.6. The first-order chi connectivity index (χ1) is 11.7. The highest BCUT2D eigenvalue weighted by Gasteiger charge is 2.40. The van der Waals surface area contributed by atoms with Crippen LogP contribution in [0.2, 0.25) is 0 Å². The van der Waals surface area contributed by atoms with E-state index in [4.69, 9.17) is 9.05 Å². The summed E-state index contributed by atoms with van der Waals surface area (Å²) in [6, 6.07) is 0. The summed E-state index contributed by atoms with van der Waals surface area (Å²) in [5, 5.41) is 8.31. The van der Waals surface area contributed by atoms with Crippen molar-refractivity contribution in [2.45, 2.75) is 69.2 Å². The molecule has 24 heavy (non-hydrogen) atoms. The molecule has 3 aliphatic rings. The molecule has 0 amide bonds. The Morgan fingerprint density at radius 2 is 1.75 bits per heavy atom. The number of hydrogen-bond acceptors (Lipinski definition) is 7. The second-order valence-corrected chi connectivity index (χ2v) is 7.93. The van der Waals surface area contributed by atoms with Gasteiger partial charge in [-0.2, -0.15) is 9.97 Å². The van der Waals surface area contributed by atoms with Gasteiger partial charge in [0.2, 0.25) is 11.8 Å². The Labute approximate surface area is 140 Å². The van der Waals surface area contributed by atoms with E-state index in [1.807, 2.05) is 0 Å². The molecule has 3 fully saturated rings. The molecule has 0 bridgehead atoms. The van der Waals surface area contributed by atoms with Gasteiger partial charge in [-0.25, -0.2) is 0 Å². The van der Waals surface area contributed by atoms with Crippen LogP contribution < -0.4 is 0 Å². The van der Waals surface area contributed by atoms with Crippen molar-refractivity contribution in [2.24, 2.45) is 0 Å². The minimum Gasteiger partial charge on any atom is -0.339 e. The second kappa shape index (κ2) is 5.37. The van der Waals surface area contributed by atoms with E-state index in [9.17, 15) is 0 Å². The molecule has 1 saturated heterocycles. The topological polar surface area (TPSA) is 81.1 Å². The van der Waals surface area contributed by atoms with Crippen LogP contribution in [0.15, 0.2) is 9.05 Å². The van der Waals surface area contributed by atoms with Crippen LogP contribution in [0, 0.1) is 0 Å². The van der Waals surface area contributed by atoms with Crippen LogP contribution >= 0.6 is 0 Å². The van der Waals surface area contributed by atoms with E-state index in [1.165, 1.54) is 25.7 Å². The summed E-state index contributed by atoms with van der Waals surface area (Å²) >= 11 is 0. The van der Waals surface area contributed by atoms with Gasteiger partial charge in [-0.15, -0.1) is 0 Å². The Morgan fingerprint density at radius 1 is 1.04 bits per heavy atom. The molecule has 7 heteroatoms. The molecule has 128 valence electrons. The van der Waals surface area contributed by atoms with E-state index in [1.54, 1.807) is 0 Å². The van der Waals surface area contributed by atoms with Gasteiger partial charge in [0.1, 0.15) is 0 Å². The third-order valence-electron chi connectivity index (χ3n) is 5.46. The fourth-order valence-corrected chi connectivity index (χ4v) is 3.67. The molecule has 0 aromatic carbocycles. The van der Waals surface area contributed by atoms with Gasteiger partial charge in [0.05, 0.1) is 12.0 Å². The van der Waals surface area contributed by atoms with Crippen LogP contribution in [-0.2, 0) is 12.0 Å². The average molecular weight is 329 g/mol. The normalized spacial score (nSPS) is 28.4. The molecule has 2 aliphatic carbocycles. The molecule has 0 radical (unpaired) electrons. The third-order valence-corrected chi connectivity index (χ3v) is 5.46. The highest BCUT2D eigenvalue weighted by atomic mass is 16.5. The van der Waals surface area contributed by atoms with Crippen LogP contribution in [0.3, 0.4) is 0 Å². The monoisotopic (exact) mass is 329 g/mol. The molecule has 0 unspecified atom stereocenters. The van der Waals surface area contributed by atoms with Crippen molar-refractivity contribution in [3.8, 4) is 0 Å². The Kier molecular flexibility index (Phi) is 3.26. The lowest BCUT2D eigenvalue weighted by Gasteiger charge is -2.37. The fourth-order valence-electron chi connectivity index (χ4n) is 3.67.